The van der Waals surface area contributed by atoms with E-state index in [1.165, 1.54) is 0 Å². The fourth-order valence-corrected chi connectivity index (χ4v) is 3.02. The van der Waals surface area contributed by atoms with Crippen LogP contribution in [0.15, 0.2) is 12.2 Å². The van der Waals surface area contributed by atoms with Crippen LogP contribution < -0.4 is 0 Å². The lowest BCUT2D eigenvalue weighted by Gasteiger charge is -2.06. The molecule has 0 unspecified atom stereocenters. The minimum absolute atomic E-state index is 0.325. The summed E-state index contributed by atoms with van der Waals surface area (Å²) in [7, 11) is 0. The fraction of sp³-hybridized carbons (Fsp3) is 0.625. The largest absolute Gasteiger partial charge is 0.462 e. The molecule has 0 atom stereocenters. The van der Waals surface area contributed by atoms with Gasteiger partial charge in [0.15, 0.2) is 0 Å². The molecule has 4 nitrogen and oxygen atoms in total. The van der Waals surface area contributed by atoms with E-state index >= 15 is 0 Å². The van der Waals surface area contributed by atoms with E-state index in [4.69, 9.17) is 14.5 Å². The molecular formula is C8H15O4PS2. The molecule has 0 heterocycles. The maximum absolute atomic E-state index is 10.9. The van der Waals surface area contributed by atoms with E-state index in [-0.39, 0.29) is 0 Å². The summed E-state index contributed by atoms with van der Waals surface area (Å²) in [5.41, 5.74) is -2.74. The molecule has 0 aliphatic carbocycles. The van der Waals surface area contributed by atoms with Gasteiger partial charge in [-0.2, -0.15) is 0 Å². The zero-order chi connectivity index (χ0) is 11.9. The first-order valence-electron chi connectivity index (χ1n) is 4.35. The maximum atomic E-state index is 10.9. The fourth-order valence-electron chi connectivity index (χ4n) is 0.676. The number of esters is 1. The van der Waals surface area contributed by atoms with Gasteiger partial charge in [0.25, 0.3) is 0 Å². The zero-order valence-electron chi connectivity index (χ0n) is 8.51. The summed E-state index contributed by atoms with van der Waals surface area (Å²) in [5.74, 6) is 0.173. The van der Waals surface area contributed by atoms with Crippen LogP contribution in [-0.4, -0.2) is 28.1 Å². The van der Waals surface area contributed by atoms with E-state index in [1.54, 1.807) is 6.92 Å². The number of hydrogen-bond donors (Lipinski definition) is 2. The topological polar surface area (TPSA) is 66.8 Å². The monoisotopic (exact) mass is 270 g/mol. The van der Waals surface area contributed by atoms with Crippen LogP contribution in [0.4, 0.5) is 0 Å². The number of rotatable bonds is 7. The lowest BCUT2D eigenvalue weighted by Crippen LogP contribution is -2.06. The van der Waals surface area contributed by atoms with Crippen molar-refractivity contribution in [2.24, 2.45) is 0 Å². The number of carbonyl (C=O) groups is 1. The summed E-state index contributed by atoms with van der Waals surface area (Å²) in [4.78, 5) is 28.7. The minimum Gasteiger partial charge on any atom is -0.462 e. The quantitative estimate of drug-likeness (QED) is 0.318. The normalized spacial score (nSPS) is 11.1. The van der Waals surface area contributed by atoms with E-state index in [0.717, 1.165) is 17.8 Å². The number of hydrogen-bond acceptors (Lipinski definition) is 4. The van der Waals surface area contributed by atoms with Gasteiger partial charge < -0.3 is 14.5 Å². The van der Waals surface area contributed by atoms with Crippen molar-refractivity contribution in [3.05, 3.63) is 12.2 Å². The molecule has 88 valence electrons. The van der Waals surface area contributed by atoms with Gasteiger partial charge in [-0.05, 0) is 31.6 Å². The van der Waals surface area contributed by atoms with Gasteiger partial charge in [-0.3, -0.25) is 0 Å². The Morgan fingerprint density at radius 1 is 1.53 bits per heavy atom. The summed E-state index contributed by atoms with van der Waals surface area (Å²) in [6.07, 6.45) is 1.41. The first-order chi connectivity index (χ1) is 6.83. The number of carbonyl (C=O) groups excluding carboxylic acids is 1. The highest BCUT2D eigenvalue weighted by molar-refractivity contribution is 8.67. The second-order valence-electron chi connectivity index (χ2n) is 2.95. The molecule has 0 aliphatic heterocycles. The predicted molar refractivity (Wildman–Crippen MR) is 66.2 cm³/mol. The average molecular weight is 270 g/mol. The molecule has 0 fully saturated rings. The summed E-state index contributed by atoms with van der Waals surface area (Å²) in [6, 6.07) is 0. The first-order valence-corrected chi connectivity index (χ1v) is 8.65. The van der Waals surface area contributed by atoms with Crippen LogP contribution >= 0.6 is 17.1 Å². The molecule has 0 aromatic rings. The smallest absolute Gasteiger partial charge is 0.333 e. The van der Waals surface area contributed by atoms with Gasteiger partial charge in [0.05, 0.1) is 6.61 Å². The van der Waals surface area contributed by atoms with E-state index in [0.29, 0.717) is 24.4 Å². The molecule has 0 aliphatic rings. The first kappa shape index (κ1) is 15.1. The van der Waals surface area contributed by atoms with E-state index in [2.05, 4.69) is 18.4 Å². The van der Waals surface area contributed by atoms with Gasteiger partial charge >= 0.3 is 5.97 Å². The summed E-state index contributed by atoms with van der Waals surface area (Å²) >= 11 is 5.40. The van der Waals surface area contributed by atoms with Crippen molar-refractivity contribution in [2.45, 2.75) is 19.8 Å². The van der Waals surface area contributed by atoms with Gasteiger partial charge in [0.1, 0.15) is 0 Å². The van der Waals surface area contributed by atoms with Crippen LogP contribution in [0.1, 0.15) is 19.8 Å². The van der Waals surface area contributed by atoms with Gasteiger partial charge in [-0.15, -0.1) is 0 Å². The summed E-state index contributed by atoms with van der Waals surface area (Å²) in [6.45, 7) is 5.36. The van der Waals surface area contributed by atoms with E-state index < -0.39 is 11.7 Å². The Balaban J connectivity index is 3.37. The Labute approximate surface area is 98.6 Å². The van der Waals surface area contributed by atoms with Gasteiger partial charge in [-0.1, -0.05) is 18.0 Å². The molecule has 2 N–H and O–H groups in total. The average Bonchev–Trinajstić information content (AvgIpc) is 2.08. The third-order valence-electron chi connectivity index (χ3n) is 1.38. The molecule has 7 heteroatoms. The van der Waals surface area contributed by atoms with Crippen LogP contribution in [0.3, 0.4) is 0 Å². The van der Waals surface area contributed by atoms with Crippen LogP contribution in [0, 0.1) is 0 Å². The lowest BCUT2D eigenvalue weighted by atomic mass is 10.3. The third kappa shape index (κ3) is 10.4. The van der Waals surface area contributed by atoms with Crippen LogP contribution in [0.25, 0.3) is 0 Å². The Morgan fingerprint density at radius 3 is 2.60 bits per heavy atom. The van der Waals surface area contributed by atoms with Crippen molar-refractivity contribution in [3.63, 3.8) is 0 Å². The molecule has 15 heavy (non-hydrogen) atoms. The molecule has 0 saturated heterocycles. The molecule has 0 saturated carbocycles. The molecule has 0 radical (unpaired) electrons. The maximum Gasteiger partial charge on any atom is 0.333 e. The van der Waals surface area contributed by atoms with Gasteiger partial charge in [0.2, 0.25) is 5.69 Å². The van der Waals surface area contributed by atoms with E-state index in [9.17, 15) is 4.79 Å². The SMILES string of the molecule is C=C(C)C(=O)OCCCCSP(O)(O)=S. The van der Waals surface area contributed by atoms with Crippen molar-refractivity contribution in [1.82, 2.24) is 0 Å². The zero-order valence-corrected chi connectivity index (χ0v) is 11.0. The van der Waals surface area contributed by atoms with Crippen molar-refractivity contribution in [2.75, 3.05) is 12.4 Å². The number of unbranched alkanes of at least 4 members (excludes halogenated alkanes) is 1. The molecule has 0 amide bonds. The highest BCUT2D eigenvalue weighted by atomic mass is 32.9. The predicted octanol–water partition coefficient (Wildman–Crippen LogP) is 1.83. The second-order valence-corrected chi connectivity index (χ2v) is 9.12. The Bertz CT molecular complexity index is 274. The van der Waals surface area contributed by atoms with Gasteiger partial charge in [-0.25, -0.2) is 4.79 Å². The highest BCUT2D eigenvalue weighted by Gasteiger charge is 2.07. The highest BCUT2D eigenvalue weighted by Crippen LogP contribution is 2.50. The van der Waals surface area contributed by atoms with Crippen LogP contribution in [-0.2, 0) is 21.3 Å². The Kier molecular flexibility index (Phi) is 7.48. The number of ether oxygens (including phenoxy) is 1. The van der Waals surface area contributed by atoms with Crippen molar-refractivity contribution in [3.8, 4) is 0 Å². The van der Waals surface area contributed by atoms with Crippen LogP contribution in [0.2, 0.25) is 0 Å². The molecule has 0 aromatic heterocycles. The Hall–Kier alpha value is 0.130. The summed E-state index contributed by atoms with van der Waals surface area (Å²) in [5, 5.41) is 0. The molecule has 0 aromatic carbocycles. The van der Waals surface area contributed by atoms with Crippen LogP contribution in [0.5, 0.6) is 0 Å². The summed E-state index contributed by atoms with van der Waals surface area (Å²) < 4.78 is 4.85. The van der Waals surface area contributed by atoms with Crippen molar-refractivity contribution in [1.29, 1.82) is 0 Å². The van der Waals surface area contributed by atoms with Gasteiger partial charge in [0, 0.05) is 11.3 Å². The van der Waals surface area contributed by atoms with E-state index in [1.807, 2.05) is 0 Å². The molecular weight excluding hydrogens is 255 g/mol. The molecule has 0 bridgehead atoms. The Morgan fingerprint density at radius 2 is 2.13 bits per heavy atom. The minimum atomic E-state index is -3.12. The van der Waals surface area contributed by atoms with Crippen molar-refractivity contribution >= 4 is 34.9 Å². The molecule has 0 rings (SSSR count). The third-order valence-corrected chi connectivity index (χ3v) is 4.69. The van der Waals surface area contributed by atoms with Crippen molar-refractivity contribution < 1.29 is 19.3 Å². The lowest BCUT2D eigenvalue weighted by molar-refractivity contribution is -0.139. The standard InChI is InChI=1S/C8H15O4PS2/c1-7(2)8(9)12-5-3-4-6-15-13(10,11)14/h1,3-6H2,2H3,(H2,10,11,14). The second kappa shape index (κ2) is 7.41. The molecule has 0 spiro atoms.